The lowest BCUT2D eigenvalue weighted by Gasteiger charge is -2.11. The summed E-state index contributed by atoms with van der Waals surface area (Å²) < 4.78 is 0. The van der Waals surface area contributed by atoms with Gasteiger partial charge in [0.05, 0.1) is 12.7 Å². The summed E-state index contributed by atoms with van der Waals surface area (Å²) in [5.74, 6) is 0. The molecule has 0 aliphatic carbocycles. The van der Waals surface area contributed by atoms with Crippen molar-refractivity contribution in [1.29, 1.82) is 0 Å². The van der Waals surface area contributed by atoms with Crippen molar-refractivity contribution in [3.63, 3.8) is 0 Å². The van der Waals surface area contributed by atoms with Crippen molar-refractivity contribution in [3.05, 3.63) is 52.5 Å². The van der Waals surface area contributed by atoms with Gasteiger partial charge in [-0.25, -0.2) is 0 Å². The highest BCUT2D eigenvalue weighted by atomic mass is 35.5. The first-order valence-electron chi connectivity index (χ1n) is 6.18. The van der Waals surface area contributed by atoms with Crippen LogP contribution in [0, 0.1) is 0 Å². The van der Waals surface area contributed by atoms with Gasteiger partial charge >= 0.3 is 0 Å². The zero-order valence-electron chi connectivity index (χ0n) is 10.7. The quantitative estimate of drug-likeness (QED) is 0.793. The Morgan fingerprint density at radius 1 is 0.950 bits per heavy atom. The van der Waals surface area contributed by atoms with Gasteiger partial charge in [-0.15, -0.1) is 0 Å². The molecular weight excluding hydrogens is 297 g/mol. The summed E-state index contributed by atoms with van der Waals surface area (Å²) in [5.41, 5.74) is 2.82. The number of anilines is 1. The van der Waals surface area contributed by atoms with Gasteiger partial charge in [0.1, 0.15) is 0 Å². The van der Waals surface area contributed by atoms with E-state index in [4.69, 9.17) is 28.3 Å². The molecule has 0 saturated carbocycles. The lowest BCUT2D eigenvalue weighted by Crippen LogP contribution is -2.22. The van der Waals surface area contributed by atoms with Gasteiger partial charge in [0.15, 0.2) is 0 Å². The topological polar surface area (TPSA) is 52.5 Å². The highest BCUT2D eigenvalue weighted by Gasteiger charge is 2.03. The van der Waals surface area contributed by atoms with Gasteiger partial charge in [-0.05, 0) is 41.5 Å². The Kier molecular flexibility index (Phi) is 5.26. The zero-order chi connectivity index (χ0) is 14.5. The Labute approximate surface area is 127 Å². The van der Waals surface area contributed by atoms with Gasteiger partial charge in [0, 0.05) is 22.3 Å². The van der Waals surface area contributed by atoms with Crippen LogP contribution in [0.5, 0.6) is 0 Å². The third-order valence-electron chi connectivity index (χ3n) is 2.83. The molecule has 106 valence electrons. The Bertz CT molecular complexity index is 552. The molecule has 0 radical (unpaired) electrons. The predicted octanol–water partition coefficient (Wildman–Crippen LogP) is 3.43. The molecule has 2 rings (SSSR count). The fourth-order valence-electron chi connectivity index (χ4n) is 1.80. The van der Waals surface area contributed by atoms with E-state index in [2.05, 4.69) is 5.32 Å². The Hall–Kier alpha value is -1.26. The molecule has 2 aromatic carbocycles. The van der Waals surface area contributed by atoms with Crippen LogP contribution >= 0.6 is 23.2 Å². The van der Waals surface area contributed by atoms with E-state index in [0.29, 0.717) is 16.6 Å². The average Bonchev–Trinajstić information content (AvgIpc) is 2.44. The second-order valence-corrected chi connectivity index (χ2v) is 5.33. The lowest BCUT2D eigenvalue weighted by atomic mass is 10.1. The molecule has 3 nitrogen and oxygen atoms in total. The Balaban J connectivity index is 2.11. The van der Waals surface area contributed by atoms with Gasteiger partial charge in [-0.3, -0.25) is 0 Å². The van der Waals surface area contributed by atoms with Crippen LogP contribution in [0.4, 0.5) is 5.69 Å². The van der Waals surface area contributed by atoms with E-state index >= 15 is 0 Å². The van der Waals surface area contributed by atoms with Gasteiger partial charge in [0.2, 0.25) is 0 Å². The fourth-order valence-corrected chi connectivity index (χ4v) is 2.33. The van der Waals surface area contributed by atoms with E-state index in [1.54, 1.807) is 6.07 Å². The summed E-state index contributed by atoms with van der Waals surface area (Å²) in [6, 6.07) is 13.1. The second-order valence-electron chi connectivity index (χ2n) is 4.45. The van der Waals surface area contributed by atoms with Crippen LogP contribution in [0.3, 0.4) is 0 Å². The molecule has 5 heteroatoms. The summed E-state index contributed by atoms with van der Waals surface area (Å²) in [4.78, 5) is 0. The first-order chi connectivity index (χ1) is 9.58. The first kappa shape index (κ1) is 15.1. The molecule has 0 fully saturated rings. The Morgan fingerprint density at radius 3 is 2.10 bits per heavy atom. The fraction of sp³-hybridized carbons (Fsp3) is 0.200. The number of aliphatic hydroxyl groups is 2. The molecule has 0 aromatic heterocycles. The van der Waals surface area contributed by atoms with Crippen LogP contribution in [0.2, 0.25) is 10.0 Å². The molecule has 1 unspecified atom stereocenters. The monoisotopic (exact) mass is 311 g/mol. The van der Waals surface area contributed by atoms with Crippen molar-refractivity contribution in [2.45, 2.75) is 6.10 Å². The molecule has 0 amide bonds. The molecule has 0 aliphatic rings. The number of rotatable bonds is 5. The summed E-state index contributed by atoms with van der Waals surface area (Å²) in [7, 11) is 0. The summed E-state index contributed by atoms with van der Waals surface area (Å²) in [5, 5.41) is 22.2. The van der Waals surface area contributed by atoms with Gasteiger partial charge in [-0.2, -0.15) is 0 Å². The van der Waals surface area contributed by atoms with Crippen molar-refractivity contribution in [1.82, 2.24) is 0 Å². The molecule has 3 N–H and O–H groups in total. The molecule has 20 heavy (non-hydrogen) atoms. The van der Waals surface area contributed by atoms with E-state index in [0.717, 1.165) is 16.8 Å². The van der Waals surface area contributed by atoms with Crippen molar-refractivity contribution >= 4 is 28.9 Å². The maximum absolute atomic E-state index is 9.27. The van der Waals surface area contributed by atoms with Crippen LogP contribution in [-0.2, 0) is 0 Å². The van der Waals surface area contributed by atoms with Gasteiger partial charge in [0.25, 0.3) is 0 Å². The van der Waals surface area contributed by atoms with E-state index in [1.165, 1.54) is 0 Å². The standard InChI is InChI=1S/C15H15Cl2NO2/c16-12-5-11(6-13(17)7-12)10-1-3-14(4-2-10)18-8-15(20)9-19/h1-7,15,18-20H,8-9H2. The molecule has 0 saturated heterocycles. The third-order valence-corrected chi connectivity index (χ3v) is 3.27. The van der Waals surface area contributed by atoms with Crippen molar-refractivity contribution < 1.29 is 10.2 Å². The predicted molar refractivity (Wildman–Crippen MR) is 83.5 cm³/mol. The average molecular weight is 312 g/mol. The Morgan fingerprint density at radius 2 is 1.55 bits per heavy atom. The largest absolute Gasteiger partial charge is 0.394 e. The van der Waals surface area contributed by atoms with Gasteiger partial charge < -0.3 is 15.5 Å². The SMILES string of the molecule is OCC(O)CNc1ccc(-c2cc(Cl)cc(Cl)c2)cc1. The highest BCUT2D eigenvalue weighted by Crippen LogP contribution is 2.28. The number of benzene rings is 2. The number of hydrogen-bond donors (Lipinski definition) is 3. The number of aliphatic hydroxyl groups excluding tert-OH is 2. The summed E-state index contributed by atoms with van der Waals surface area (Å²) in [6.45, 7) is 0.0466. The number of halogens is 2. The minimum Gasteiger partial charge on any atom is -0.394 e. The summed E-state index contributed by atoms with van der Waals surface area (Å²) in [6.07, 6.45) is -0.763. The summed E-state index contributed by atoms with van der Waals surface area (Å²) >= 11 is 12.0. The third kappa shape index (κ3) is 4.12. The molecule has 1 atom stereocenters. The van der Waals surface area contributed by atoms with E-state index in [1.807, 2.05) is 36.4 Å². The molecular formula is C15H15Cl2NO2. The van der Waals surface area contributed by atoms with Crippen LogP contribution in [-0.4, -0.2) is 29.5 Å². The van der Waals surface area contributed by atoms with E-state index in [9.17, 15) is 5.11 Å². The smallest absolute Gasteiger partial charge is 0.0942 e. The van der Waals surface area contributed by atoms with Crippen molar-refractivity contribution in [3.8, 4) is 11.1 Å². The van der Waals surface area contributed by atoms with Gasteiger partial charge in [-0.1, -0.05) is 35.3 Å². The second kappa shape index (κ2) is 6.95. The van der Waals surface area contributed by atoms with Crippen molar-refractivity contribution in [2.24, 2.45) is 0 Å². The molecule has 0 bridgehead atoms. The zero-order valence-corrected chi connectivity index (χ0v) is 12.2. The highest BCUT2D eigenvalue weighted by molar-refractivity contribution is 6.35. The van der Waals surface area contributed by atoms with Crippen LogP contribution < -0.4 is 5.32 Å². The maximum atomic E-state index is 9.27. The molecule has 2 aromatic rings. The first-order valence-corrected chi connectivity index (χ1v) is 6.93. The minimum atomic E-state index is -0.763. The van der Waals surface area contributed by atoms with E-state index in [-0.39, 0.29) is 6.61 Å². The molecule has 0 aliphatic heterocycles. The van der Waals surface area contributed by atoms with Crippen LogP contribution in [0.15, 0.2) is 42.5 Å². The minimum absolute atomic E-state index is 0.258. The van der Waals surface area contributed by atoms with Crippen LogP contribution in [0.1, 0.15) is 0 Å². The molecule has 0 heterocycles. The van der Waals surface area contributed by atoms with E-state index < -0.39 is 6.10 Å². The lowest BCUT2D eigenvalue weighted by molar-refractivity contribution is 0.105. The maximum Gasteiger partial charge on any atom is 0.0942 e. The number of nitrogens with one attached hydrogen (secondary N) is 1. The molecule has 0 spiro atoms. The van der Waals surface area contributed by atoms with Crippen molar-refractivity contribution in [2.75, 3.05) is 18.5 Å². The van der Waals surface area contributed by atoms with Crippen LogP contribution in [0.25, 0.3) is 11.1 Å². The number of hydrogen-bond acceptors (Lipinski definition) is 3. The normalized spacial score (nSPS) is 12.2.